The minimum atomic E-state index is -4.66. The molecule has 0 spiro atoms. The molecule has 0 atom stereocenters. The molecule has 2 aliphatic heterocycles. The Labute approximate surface area is 661 Å². The minimum absolute atomic E-state index is 0.150. The van der Waals surface area contributed by atoms with E-state index < -0.39 is 302 Å². The fourth-order valence-corrected chi connectivity index (χ4v) is 12.9. The number of rotatable bonds is 24. The van der Waals surface area contributed by atoms with Gasteiger partial charge in [0, 0.05) is 132 Å². The molecule has 2 fully saturated rings. The van der Waals surface area contributed by atoms with Crippen molar-refractivity contribution in [1.82, 2.24) is 28.7 Å². The number of hydrogen-bond donors (Lipinski definition) is 0. The van der Waals surface area contributed by atoms with Crippen LogP contribution in [0.2, 0.25) is 0 Å². The fraction of sp³-hybridized carbons (Fsp3) is 0.317. The number of carbonyl (C=O) groups excluding carboxylic acids is 2. The first-order valence-electron chi connectivity index (χ1n) is 47.9. The van der Waals surface area contributed by atoms with Gasteiger partial charge in [-0.2, -0.15) is 26.3 Å². The third-order valence-electron chi connectivity index (χ3n) is 16.6. The van der Waals surface area contributed by atoms with Crippen molar-refractivity contribution in [3.63, 3.8) is 0 Å². The molecule has 8 aromatic carbocycles. The summed E-state index contributed by atoms with van der Waals surface area (Å²) < 4.78 is 423. The van der Waals surface area contributed by atoms with Gasteiger partial charge in [0.2, 0.25) is 11.8 Å². The van der Waals surface area contributed by atoms with Crippen LogP contribution >= 0.6 is 23.5 Å². The third-order valence-corrected chi connectivity index (χ3v) is 18.4. The maximum Gasteiger partial charge on any atom is 0.416 e. The van der Waals surface area contributed by atoms with Crippen molar-refractivity contribution >= 4 is 57.1 Å². The van der Waals surface area contributed by atoms with Crippen LogP contribution in [0.15, 0.2) is 201 Å². The highest BCUT2D eigenvalue weighted by Crippen LogP contribution is 2.36. The number of thioether (sulfide) groups is 2. The molecule has 2 amide bonds. The maximum absolute atomic E-state index is 15.4. The molecule has 0 unspecified atom stereocenters. The van der Waals surface area contributed by atoms with Gasteiger partial charge >= 0.3 is 12.4 Å². The molecule has 24 heteroatoms. The average molecular weight is 1530 g/mol. The Kier molecular flexibility index (Phi) is 15.3. The van der Waals surface area contributed by atoms with Crippen LogP contribution in [0.4, 0.5) is 43.9 Å². The number of likely N-dealkylation sites (tertiary alicyclic amines) is 2. The molecule has 0 aliphatic carbocycles. The predicted octanol–water partition coefficient (Wildman–Crippen LogP) is 17.4. The van der Waals surface area contributed by atoms with Crippen molar-refractivity contribution < 1.29 is 107 Å². The van der Waals surface area contributed by atoms with E-state index in [0.29, 0.717) is 37.8 Å². The number of methoxy groups -OCH3 is 2. The van der Waals surface area contributed by atoms with Gasteiger partial charge in [-0.15, -0.1) is 23.5 Å². The van der Waals surface area contributed by atoms with E-state index in [1.807, 2.05) is 0 Å². The van der Waals surface area contributed by atoms with Crippen molar-refractivity contribution in [3.05, 3.63) is 270 Å². The maximum atomic E-state index is 15.4. The Morgan fingerprint density at radius 3 is 1.29 bits per heavy atom. The van der Waals surface area contributed by atoms with Gasteiger partial charge in [-0.25, -0.2) is 17.6 Å². The standard InChI is InChI=1S/2C41H40F5N3O3S/c2*1-27-6-15-36-34(22-27)37(50)23-39(53-26-31-4-3-5-35(42)40(31)43)49(36)25-38(51)48(33-16-18-47(19-17-33)20-21-52-2)24-28-7-9-29(10-8-28)30-11-13-32(14-12-30)41(44,45)46/h2*3-15,22-23,33H,16-21,24-26H2,1-2H3/i2D3,6D,15D,20D2,21D2,22D,23D,24D2,25D2,26D2;2D3,6D,15D,20D2,21D2,22D,23D,24D2,25D2. The number of nitrogens with zero attached hydrogens (tertiary/aromatic N) is 6. The van der Waals surface area contributed by atoms with Crippen LogP contribution in [-0.4, -0.2) is 119 Å². The van der Waals surface area contributed by atoms with Crippen LogP contribution in [0.5, 0.6) is 0 Å². The van der Waals surface area contributed by atoms with E-state index in [2.05, 4.69) is 9.47 Å². The van der Waals surface area contributed by atoms with E-state index in [9.17, 15) is 60.1 Å². The molecule has 4 heterocycles. The summed E-state index contributed by atoms with van der Waals surface area (Å²) in [6.45, 7) is -27.0. The van der Waals surface area contributed by atoms with Gasteiger partial charge in [-0.1, -0.05) is 120 Å². The number of halogens is 10. The molecule has 0 N–H and O–H groups in total. The molecule has 2 saturated heterocycles. The van der Waals surface area contributed by atoms with Gasteiger partial charge in [-0.05, 0) is 133 Å². The van der Waals surface area contributed by atoms with Crippen LogP contribution in [0.25, 0.3) is 44.1 Å². The van der Waals surface area contributed by atoms with Crippen molar-refractivity contribution in [2.75, 3.05) is 66.4 Å². The van der Waals surface area contributed by atoms with E-state index in [0.717, 1.165) is 95.6 Å². The molecule has 0 radical (unpaired) electrons. The first-order chi connectivity index (χ1) is 63.2. The summed E-state index contributed by atoms with van der Waals surface area (Å²) in [5.41, 5.74) is -11.2. The number of benzene rings is 8. The minimum Gasteiger partial charge on any atom is -0.383 e. The van der Waals surface area contributed by atoms with E-state index in [1.54, 1.807) is 0 Å². The highest BCUT2D eigenvalue weighted by atomic mass is 32.2. The molecule has 12 nitrogen and oxygen atoms in total. The largest absolute Gasteiger partial charge is 0.416 e. The second kappa shape index (κ2) is 35.1. The number of ether oxygens (including phenoxy) is 2. The first-order valence-corrected chi connectivity index (χ1v) is 33.7. The number of pyridine rings is 2. The van der Waals surface area contributed by atoms with Gasteiger partial charge in [0.25, 0.3) is 0 Å². The molecule has 12 rings (SSSR count). The smallest absolute Gasteiger partial charge is 0.383 e. The topological polar surface area (TPSA) is 110 Å². The lowest BCUT2D eigenvalue weighted by Gasteiger charge is -2.39. The van der Waals surface area contributed by atoms with E-state index in [4.69, 9.17) is 32.9 Å². The SMILES string of the molecule is [2H]c1c(C)c([2H])c2c(=O)c([2H])c(SC([2H])([2H])c3cccc(F)c3F)n(C([2H])([2H])C(=O)N(C3CCN(C([2H])([2H])C([2H])([2H])OC([2H])([2H])[2H])CC3)C([2H])([2H])c3ccc(-c4ccc(C(F)(F)F)cc4)cc3)c2c1[2H].[2H]c1c(C)c([2H])c2c(=O)c([2H])c(SCc3cccc(F)c3F)n(C([2H])([2H])C(=O)N(C3CCN(C([2H])([2H])C([2H])([2H])OC([2H])([2H])[2H])CC3)C([2H])([2H])c3ccc(-c4ccc(C(F)(F)F)cc4)cc3)c2c1[2H]. The summed E-state index contributed by atoms with van der Waals surface area (Å²) in [6.07, 6.45) is -11.2. The Morgan fingerprint density at radius 1 is 0.519 bits per heavy atom. The molecular formula is C82H80F10N6O6S2. The molecule has 10 aromatic rings. The van der Waals surface area contributed by atoms with Crippen LogP contribution in [0, 0.1) is 37.1 Å². The average Bonchev–Trinajstić information content (AvgIpc) is 0.709. The third kappa shape index (κ3) is 19.6. The Morgan fingerprint density at radius 2 is 0.896 bits per heavy atom. The Bertz CT molecular complexity index is 6470. The van der Waals surface area contributed by atoms with Gasteiger partial charge in [-0.3, -0.25) is 19.2 Å². The molecule has 0 saturated carbocycles. The number of aromatic nitrogens is 2. The lowest BCUT2D eigenvalue weighted by atomic mass is 10.00. The summed E-state index contributed by atoms with van der Waals surface area (Å²) in [7, 11) is -6.79. The van der Waals surface area contributed by atoms with Crippen molar-refractivity contribution in [2.45, 2.75) is 111 Å². The molecule has 2 aromatic heterocycles. The first kappa shape index (κ1) is 46.2. The molecule has 0 bridgehead atoms. The Hall–Kier alpha value is -9.04. The number of piperidine rings is 2. The molecule has 556 valence electrons. The summed E-state index contributed by atoms with van der Waals surface area (Å²) in [4.78, 5) is 61.1. The van der Waals surface area contributed by atoms with Crippen molar-refractivity contribution in [2.24, 2.45) is 0 Å². The van der Waals surface area contributed by atoms with Crippen molar-refractivity contribution in [1.29, 1.82) is 0 Å². The van der Waals surface area contributed by atoms with Crippen LogP contribution < -0.4 is 10.9 Å². The van der Waals surface area contributed by atoms with Gasteiger partial charge < -0.3 is 38.2 Å². The van der Waals surface area contributed by atoms with Crippen LogP contribution in [0.3, 0.4) is 0 Å². The summed E-state index contributed by atoms with van der Waals surface area (Å²) in [5, 5.41) is -3.56. The number of alkyl halides is 6. The summed E-state index contributed by atoms with van der Waals surface area (Å²) in [5.74, 6) is -10.1. The normalized spacial score (nSPS) is 20.0. The van der Waals surface area contributed by atoms with Gasteiger partial charge in [0.05, 0.1) is 81.0 Å². The highest BCUT2D eigenvalue weighted by Gasteiger charge is 2.34. The second-order valence-electron chi connectivity index (χ2n) is 23.6. The second-order valence-corrected chi connectivity index (χ2v) is 25.4. The zero-order chi connectivity index (χ0) is 103. The van der Waals surface area contributed by atoms with Crippen LogP contribution in [0.1, 0.15) is 114 Å². The lowest BCUT2D eigenvalue weighted by Crippen LogP contribution is -2.48. The van der Waals surface area contributed by atoms with E-state index in [-0.39, 0.29) is 55.3 Å². The van der Waals surface area contributed by atoms with E-state index in [1.165, 1.54) is 55.5 Å². The molecule has 2 aliphatic rings. The van der Waals surface area contributed by atoms with Gasteiger partial charge in [0.1, 0.15) is 13.0 Å². The number of amides is 2. The van der Waals surface area contributed by atoms with Crippen molar-refractivity contribution in [3.8, 4) is 22.3 Å². The fourth-order valence-electron chi connectivity index (χ4n) is 11.2. The van der Waals surface area contributed by atoms with Crippen LogP contribution in [-0.2, 0) is 68.9 Å². The number of hydrogen-bond acceptors (Lipinski definition) is 10. The monoisotopic (exact) mass is 1530 g/mol. The number of carbonyl (C=O) groups is 2. The zero-order valence-electron chi connectivity index (χ0n) is 87.4. The van der Waals surface area contributed by atoms with E-state index >= 15 is 14.0 Å². The zero-order valence-corrected chi connectivity index (χ0v) is 57.1. The quantitative estimate of drug-likeness (QED) is 0.0428. The lowest BCUT2D eigenvalue weighted by molar-refractivity contribution is -0.138. The summed E-state index contributed by atoms with van der Waals surface area (Å²) >= 11 is 0.0984. The highest BCUT2D eigenvalue weighted by molar-refractivity contribution is 7.98. The molecule has 106 heavy (non-hydrogen) atoms. The van der Waals surface area contributed by atoms with Gasteiger partial charge in [0.15, 0.2) is 34.1 Å². The summed E-state index contributed by atoms with van der Waals surface area (Å²) in [6, 6.07) is 13.0. The number of fused-ring (bicyclic) bond motifs is 2. The predicted molar refractivity (Wildman–Crippen MR) is 395 cm³/mol. The Balaban J connectivity index is 0.000000265. The molecular weight excluding hydrogens is 1420 g/mol.